The first-order valence-electron chi connectivity index (χ1n) is 9.03. The van der Waals surface area contributed by atoms with Gasteiger partial charge in [-0.25, -0.2) is 4.79 Å². The second kappa shape index (κ2) is 11.1. The first-order valence-corrected chi connectivity index (χ1v) is 9.03. The molecule has 0 saturated heterocycles. The molecule has 0 radical (unpaired) electrons. The van der Waals surface area contributed by atoms with Gasteiger partial charge in [-0.15, -0.1) is 0 Å². The van der Waals surface area contributed by atoms with Crippen LogP contribution in [0.3, 0.4) is 0 Å². The molecule has 0 aliphatic rings. The van der Waals surface area contributed by atoms with Crippen molar-refractivity contribution in [3.63, 3.8) is 0 Å². The second-order valence-electron chi connectivity index (χ2n) is 6.29. The summed E-state index contributed by atoms with van der Waals surface area (Å²) in [6.45, 7) is 5.84. The van der Waals surface area contributed by atoms with E-state index >= 15 is 0 Å². The van der Waals surface area contributed by atoms with Gasteiger partial charge in [-0.3, -0.25) is 9.59 Å². The number of nitrogens with one attached hydrogen (secondary N) is 2. The van der Waals surface area contributed by atoms with Gasteiger partial charge >= 0.3 is 6.03 Å². The van der Waals surface area contributed by atoms with Gasteiger partial charge in [-0.05, 0) is 37.1 Å². The van der Waals surface area contributed by atoms with E-state index < -0.39 is 0 Å². The lowest BCUT2D eigenvalue weighted by molar-refractivity contribution is -0.128. The van der Waals surface area contributed by atoms with Crippen LogP contribution >= 0.6 is 0 Å². The number of carbonyl (C=O) groups is 3. The third-order valence-electron chi connectivity index (χ3n) is 3.79. The van der Waals surface area contributed by atoms with Gasteiger partial charge in [0.2, 0.25) is 5.91 Å². The van der Waals surface area contributed by atoms with Crippen molar-refractivity contribution in [3.05, 3.63) is 29.8 Å². The summed E-state index contributed by atoms with van der Waals surface area (Å²) in [6.07, 6.45) is 2.09. The Labute approximate surface area is 155 Å². The van der Waals surface area contributed by atoms with Crippen molar-refractivity contribution in [1.29, 1.82) is 0 Å². The predicted molar refractivity (Wildman–Crippen MR) is 103 cm³/mol. The topological polar surface area (TPSA) is 81.8 Å². The maximum absolute atomic E-state index is 12.5. The molecule has 7 heteroatoms. The van der Waals surface area contributed by atoms with Gasteiger partial charge < -0.3 is 20.4 Å². The normalized spacial score (nSPS) is 10.2. The van der Waals surface area contributed by atoms with Crippen molar-refractivity contribution in [2.75, 3.05) is 39.0 Å². The molecule has 26 heavy (non-hydrogen) atoms. The molecule has 1 aromatic rings. The van der Waals surface area contributed by atoms with Crippen molar-refractivity contribution < 1.29 is 14.4 Å². The van der Waals surface area contributed by atoms with Crippen molar-refractivity contribution in [1.82, 2.24) is 15.1 Å². The van der Waals surface area contributed by atoms with Crippen LogP contribution in [0.1, 0.15) is 43.5 Å². The van der Waals surface area contributed by atoms with Gasteiger partial charge in [-0.2, -0.15) is 0 Å². The number of carbonyl (C=O) groups excluding carboxylic acids is 3. The summed E-state index contributed by atoms with van der Waals surface area (Å²) >= 11 is 0. The van der Waals surface area contributed by atoms with E-state index in [-0.39, 0.29) is 30.8 Å². The Morgan fingerprint density at radius 2 is 1.54 bits per heavy atom. The first-order chi connectivity index (χ1) is 12.4. The number of urea groups is 1. The molecule has 0 saturated carbocycles. The van der Waals surface area contributed by atoms with Crippen LogP contribution in [0, 0.1) is 0 Å². The van der Waals surface area contributed by atoms with Gasteiger partial charge in [0.15, 0.2) is 0 Å². The molecule has 0 atom stereocenters. The van der Waals surface area contributed by atoms with Crippen LogP contribution in [0.2, 0.25) is 0 Å². The van der Waals surface area contributed by atoms with E-state index in [2.05, 4.69) is 10.6 Å². The Hall–Kier alpha value is -2.57. The zero-order valence-electron chi connectivity index (χ0n) is 16.2. The molecule has 0 unspecified atom stereocenters. The molecule has 0 bridgehead atoms. The van der Waals surface area contributed by atoms with E-state index in [9.17, 15) is 14.4 Å². The Balaban J connectivity index is 2.54. The fourth-order valence-corrected chi connectivity index (χ4v) is 2.42. The Morgan fingerprint density at radius 3 is 2.04 bits per heavy atom. The molecule has 0 aliphatic carbocycles. The molecule has 7 nitrogen and oxygen atoms in total. The van der Waals surface area contributed by atoms with Crippen molar-refractivity contribution in [2.45, 2.75) is 33.1 Å². The van der Waals surface area contributed by atoms with Gasteiger partial charge in [0.25, 0.3) is 5.91 Å². The summed E-state index contributed by atoms with van der Waals surface area (Å²) in [7, 11) is 3.35. The van der Waals surface area contributed by atoms with Crippen molar-refractivity contribution >= 4 is 23.5 Å². The monoisotopic (exact) mass is 362 g/mol. The van der Waals surface area contributed by atoms with Crippen molar-refractivity contribution in [2.24, 2.45) is 0 Å². The highest BCUT2D eigenvalue weighted by molar-refractivity contribution is 5.95. The first kappa shape index (κ1) is 21.5. The molecular weight excluding hydrogens is 332 g/mol. The molecule has 0 heterocycles. The Morgan fingerprint density at radius 1 is 0.962 bits per heavy atom. The fraction of sp³-hybridized carbons (Fsp3) is 0.526. The van der Waals surface area contributed by atoms with E-state index in [4.69, 9.17) is 0 Å². The molecule has 2 N–H and O–H groups in total. The van der Waals surface area contributed by atoms with E-state index in [1.54, 1.807) is 38.4 Å². The summed E-state index contributed by atoms with van der Waals surface area (Å²) < 4.78 is 0. The van der Waals surface area contributed by atoms with Crippen LogP contribution in [-0.2, 0) is 4.79 Å². The Kier molecular flexibility index (Phi) is 9.19. The number of anilines is 1. The van der Waals surface area contributed by atoms with Crippen LogP contribution in [-0.4, -0.2) is 61.4 Å². The lowest BCUT2D eigenvalue weighted by Gasteiger charge is -2.21. The minimum absolute atomic E-state index is 0.00639. The molecule has 1 aromatic carbocycles. The molecule has 4 amide bonds. The fourth-order valence-electron chi connectivity index (χ4n) is 2.42. The van der Waals surface area contributed by atoms with E-state index in [1.165, 1.54) is 4.90 Å². The lowest BCUT2D eigenvalue weighted by atomic mass is 10.1. The molecule has 1 rings (SSSR count). The molecule has 144 valence electrons. The third kappa shape index (κ3) is 7.13. The molecule has 0 aliphatic heterocycles. The minimum atomic E-state index is -0.380. The Bertz CT molecular complexity index is 593. The minimum Gasteiger partial charge on any atom is -0.349 e. The van der Waals surface area contributed by atoms with Crippen LogP contribution < -0.4 is 10.6 Å². The summed E-state index contributed by atoms with van der Waals surface area (Å²) in [5.41, 5.74) is 1.20. The third-order valence-corrected chi connectivity index (χ3v) is 3.79. The van der Waals surface area contributed by atoms with Crippen molar-refractivity contribution in [3.8, 4) is 0 Å². The van der Waals surface area contributed by atoms with E-state index in [0.717, 1.165) is 25.9 Å². The van der Waals surface area contributed by atoms with E-state index in [0.29, 0.717) is 11.3 Å². The number of rotatable bonds is 9. The summed E-state index contributed by atoms with van der Waals surface area (Å²) in [4.78, 5) is 39.1. The predicted octanol–water partition coefficient (Wildman–Crippen LogP) is 2.55. The highest BCUT2D eigenvalue weighted by Crippen LogP contribution is 2.12. The zero-order valence-corrected chi connectivity index (χ0v) is 16.2. The zero-order chi connectivity index (χ0) is 19.5. The van der Waals surface area contributed by atoms with E-state index in [1.807, 2.05) is 18.7 Å². The highest BCUT2D eigenvalue weighted by atomic mass is 16.2. The van der Waals surface area contributed by atoms with Gasteiger partial charge in [0.05, 0.1) is 0 Å². The molecular formula is C19H30N4O3. The number of nitrogens with zero attached hydrogens (tertiary/aromatic N) is 2. The van der Waals surface area contributed by atoms with Crippen LogP contribution in [0.25, 0.3) is 0 Å². The standard InChI is InChI=1S/C19H30N4O3/c1-5-13-23(14-6-2)18(25)15-7-9-16(10-8-15)21-19(26)20-12-11-17(24)22(3)4/h7-10H,5-6,11-14H2,1-4H3,(H2,20,21,26). The number of amides is 4. The number of hydrogen-bond donors (Lipinski definition) is 2. The largest absolute Gasteiger partial charge is 0.349 e. The highest BCUT2D eigenvalue weighted by Gasteiger charge is 2.14. The quantitative estimate of drug-likeness (QED) is 0.708. The molecule has 0 spiro atoms. The molecule has 0 fully saturated rings. The smallest absolute Gasteiger partial charge is 0.319 e. The number of benzene rings is 1. The van der Waals surface area contributed by atoms with Gasteiger partial charge in [0, 0.05) is 51.4 Å². The maximum atomic E-state index is 12.5. The van der Waals surface area contributed by atoms with Gasteiger partial charge in [0.1, 0.15) is 0 Å². The van der Waals surface area contributed by atoms with Crippen LogP contribution in [0.4, 0.5) is 10.5 Å². The average molecular weight is 362 g/mol. The summed E-state index contributed by atoms with van der Waals surface area (Å²) in [5.74, 6) is -0.0382. The lowest BCUT2D eigenvalue weighted by Crippen LogP contribution is -2.33. The van der Waals surface area contributed by atoms with Gasteiger partial charge in [-0.1, -0.05) is 13.8 Å². The summed E-state index contributed by atoms with van der Waals surface area (Å²) in [5, 5.41) is 5.32. The average Bonchev–Trinajstić information content (AvgIpc) is 2.61. The SMILES string of the molecule is CCCN(CCC)C(=O)c1ccc(NC(=O)NCCC(=O)N(C)C)cc1. The summed E-state index contributed by atoms with van der Waals surface area (Å²) in [6, 6.07) is 6.45. The van der Waals surface area contributed by atoms with Crippen LogP contribution in [0.5, 0.6) is 0 Å². The number of hydrogen-bond acceptors (Lipinski definition) is 3. The maximum Gasteiger partial charge on any atom is 0.319 e. The van der Waals surface area contributed by atoms with Crippen LogP contribution in [0.15, 0.2) is 24.3 Å². The second-order valence-corrected chi connectivity index (χ2v) is 6.29. The molecule has 0 aromatic heterocycles.